The molecule has 112 valence electrons. The van der Waals surface area contributed by atoms with Gasteiger partial charge in [0.1, 0.15) is 11.6 Å². The molecular formula is C14H19N5O2. The molecule has 0 aromatic carbocycles. The molecule has 0 atom stereocenters. The zero-order valence-corrected chi connectivity index (χ0v) is 12.4. The number of carbonyl (C=O) groups excluding carboxylic acids is 1. The van der Waals surface area contributed by atoms with Crippen molar-refractivity contribution in [2.45, 2.75) is 33.7 Å². The van der Waals surface area contributed by atoms with Gasteiger partial charge in [0.15, 0.2) is 5.69 Å². The molecule has 2 heterocycles. The predicted molar refractivity (Wildman–Crippen MR) is 78.0 cm³/mol. The van der Waals surface area contributed by atoms with Crippen LogP contribution in [0.2, 0.25) is 0 Å². The van der Waals surface area contributed by atoms with E-state index in [1.54, 1.807) is 12.1 Å². The molecule has 7 nitrogen and oxygen atoms in total. The van der Waals surface area contributed by atoms with E-state index in [4.69, 9.17) is 4.42 Å². The van der Waals surface area contributed by atoms with Gasteiger partial charge >= 0.3 is 0 Å². The Morgan fingerprint density at radius 1 is 1.29 bits per heavy atom. The number of anilines is 1. The van der Waals surface area contributed by atoms with E-state index in [1.807, 2.05) is 13.8 Å². The Morgan fingerprint density at radius 2 is 2.10 bits per heavy atom. The van der Waals surface area contributed by atoms with Gasteiger partial charge in [0.2, 0.25) is 5.89 Å². The van der Waals surface area contributed by atoms with E-state index in [-0.39, 0.29) is 18.1 Å². The summed E-state index contributed by atoms with van der Waals surface area (Å²) in [4.78, 5) is 16.1. The van der Waals surface area contributed by atoms with Crippen LogP contribution in [0.25, 0.3) is 0 Å². The number of aryl methyl sites for hydroxylation is 2. The van der Waals surface area contributed by atoms with Crippen LogP contribution in [-0.2, 0) is 6.54 Å². The van der Waals surface area contributed by atoms with Crippen molar-refractivity contribution >= 4 is 11.7 Å². The molecule has 2 N–H and O–H groups in total. The highest BCUT2D eigenvalue weighted by Crippen LogP contribution is 2.08. The summed E-state index contributed by atoms with van der Waals surface area (Å²) in [5, 5.41) is 13.6. The molecule has 0 saturated carbocycles. The van der Waals surface area contributed by atoms with E-state index in [0.717, 1.165) is 24.4 Å². The molecular weight excluding hydrogens is 270 g/mol. The molecule has 0 aliphatic carbocycles. The molecule has 1 amide bonds. The number of oxazole rings is 1. The van der Waals surface area contributed by atoms with Crippen LogP contribution in [0.1, 0.15) is 41.2 Å². The Hall–Kier alpha value is -2.44. The normalized spacial score (nSPS) is 10.4. The maximum Gasteiger partial charge on any atom is 0.272 e. The van der Waals surface area contributed by atoms with Gasteiger partial charge in [0.05, 0.1) is 12.2 Å². The first-order valence-electron chi connectivity index (χ1n) is 6.89. The maximum atomic E-state index is 11.9. The third-order valence-corrected chi connectivity index (χ3v) is 2.93. The van der Waals surface area contributed by atoms with Crippen molar-refractivity contribution in [3.05, 3.63) is 35.2 Å². The van der Waals surface area contributed by atoms with Gasteiger partial charge in [-0.1, -0.05) is 6.92 Å². The molecule has 0 radical (unpaired) electrons. The van der Waals surface area contributed by atoms with Crippen LogP contribution >= 0.6 is 0 Å². The van der Waals surface area contributed by atoms with Crippen molar-refractivity contribution < 1.29 is 9.21 Å². The van der Waals surface area contributed by atoms with Crippen molar-refractivity contribution in [2.75, 3.05) is 11.9 Å². The number of hydrogen-bond donors (Lipinski definition) is 2. The van der Waals surface area contributed by atoms with E-state index in [9.17, 15) is 4.79 Å². The number of nitrogens with one attached hydrogen (secondary N) is 2. The summed E-state index contributed by atoms with van der Waals surface area (Å²) in [5.41, 5.74) is 1.09. The van der Waals surface area contributed by atoms with Crippen molar-refractivity contribution in [2.24, 2.45) is 0 Å². The molecule has 21 heavy (non-hydrogen) atoms. The third kappa shape index (κ3) is 4.01. The average Bonchev–Trinajstić information content (AvgIpc) is 2.82. The quantitative estimate of drug-likeness (QED) is 0.842. The second kappa shape index (κ2) is 6.83. The van der Waals surface area contributed by atoms with Crippen molar-refractivity contribution in [1.29, 1.82) is 0 Å². The fourth-order valence-corrected chi connectivity index (χ4v) is 1.66. The molecule has 0 saturated heterocycles. The molecule has 2 aromatic heterocycles. The van der Waals surface area contributed by atoms with Crippen LogP contribution in [0.3, 0.4) is 0 Å². The van der Waals surface area contributed by atoms with E-state index in [1.165, 1.54) is 0 Å². The highest BCUT2D eigenvalue weighted by atomic mass is 16.4. The average molecular weight is 289 g/mol. The monoisotopic (exact) mass is 289 g/mol. The lowest BCUT2D eigenvalue weighted by molar-refractivity contribution is 0.0941. The molecule has 2 rings (SSSR count). The van der Waals surface area contributed by atoms with E-state index >= 15 is 0 Å². The van der Waals surface area contributed by atoms with Crippen LogP contribution in [0.15, 0.2) is 16.5 Å². The Kier molecular flexibility index (Phi) is 4.86. The SMILES string of the molecule is CCCNc1ccc(C(=O)NCc2nc(C)c(C)o2)nn1. The van der Waals surface area contributed by atoms with E-state index < -0.39 is 0 Å². The molecule has 0 spiro atoms. The van der Waals surface area contributed by atoms with E-state index in [2.05, 4.69) is 32.7 Å². The van der Waals surface area contributed by atoms with Gasteiger partial charge in [0, 0.05) is 6.54 Å². The molecule has 2 aromatic rings. The number of nitrogens with zero attached hydrogens (tertiary/aromatic N) is 3. The minimum Gasteiger partial charge on any atom is -0.444 e. The smallest absolute Gasteiger partial charge is 0.272 e. The number of rotatable bonds is 6. The Balaban J connectivity index is 1.90. The molecule has 0 aliphatic rings. The summed E-state index contributed by atoms with van der Waals surface area (Å²) in [7, 11) is 0. The third-order valence-electron chi connectivity index (χ3n) is 2.93. The highest BCUT2D eigenvalue weighted by molar-refractivity contribution is 5.92. The van der Waals surface area contributed by atoms with Gasteiger partial charge in [-0.3, -0.25) is 4.79 Å². The summed E-state index contributed by atoms with van der Waals surface area (Å²) in [6, 6.07) is 3.36. The Bertz CT molecular complexity index is 587. The molecule has 7 heteroatoms. The Morgan fingerprint density at radius 3 is 2.67 bits per heavy atom. The first-order chi connectivity index (χ1) is 10.1. The number of hydrogen-bond acceptors (Lipinski definition) is 6. The van der Waals surface area contributed by atoms with Gasteiger partial charge in [-0.2, -0.15) is 0 Å². The van der Waals surface area contributed by atoms with Crippen molar-refractivity contribution in [1.82, 2.24) is 20.5 Å². The van der Waals surface area contributed by atoms with Gasteiger partial charge in [-0.05, 0) is 32.4 Å². The second-order valence-corrected chi connectivity index (χ2v) is 4.66. The van der Waals surface area contributed by atoms with Gasteiger partial charge in [-0.25, -0.2) is 4.98 Å². The second-order valence-electron chi connectivity index (χ2n) is 4.66. The van der Waals surface area contributed by atoms with Gasteiger partial charge < -0.3 is 15.1 Å². The highest BCUT2D eigenvalue weighted by Gasteiger charge is 2.11. The summed E-state index contributed by atoms with van der Waals surface area (Å²) < 4.78 is 5.39. The first kappa shape index (κ1) is 15.0. The lowest BCUT2D eigenvalue weighted by Gasteiger charge is -2.04. The van der Waals surface area contributed by atoms with Crippen molar-refractivity contribution in [3.63, 3.8) is 0 Å². The largest absolute Gasteiger partial charge is 0.444 e. The van der Waals surface area contributed by atoms with Crippen LogP contribution in [0.4, 0.5) is 5.82 Å². The molecule has 0 aliphatic heterocycles. The van der Waals surface area contributed by atoms with Crippen LogP contribution in [0.5, 0.6) is 0 Å². The summed E-state index contributed by atoms with van der Waals surface area (Å²) in [6.07, 6.45) is 0.999. The first-order valence-corrected chi connectivity index (χ1v) is 6.89. The fourth-order valence-electron chi connectivity index (χ4n) is 1.66. The summed E-state index contributed by atoms with van der Waals surface area (Å²) >= 11 is 0. The minimum atomic E-state index is -0.307. The molecule has 0 unspecified atom stereocenters. The zero-order chi connectivity index (χ0) is 15.2. The van der Waals surface area contributed by atoms with Gasteiger partial charge in [-0.15, -0.1) is 10.2 Å². The number of aromatic nitrogens is 3. The fraction of sp³-hybridized carbons (Fsp3) is 0.429. The number of carbonyl (C=O) groups is 1. The standard InChI is InChI=1S/C14H19N5O2/c1-4-7-15-12-6-5-11(18-19-12)14(20)16-8-13-17-9(2)10(3)21-13/h5-6H,4,7-8H2,1-3H3,(H,15,19)(H,16,20). The molecule has 0 bridgehead atoms. The summed E-state index contributed by atoms with van der Waals surface area (Å²) in [6.45, 7) is 6.81. The lowest BCUT2D eigenvalue weighted by atomic mass is 10.3. The van der Waals surface area contributed by atoms with Crippen molar-refractivity contribution in [3.8, 4) is 0 Å². The lowest BCUT2D eigenvalue weighted by Crippen LogP contribution is -2.24. The Labute approximate surface area is 123 Å². The number of amides is 1. The predicted octanol–water partition coefficient (Wildman–Crippen LogP) is 1.83. The van der Waals surface area contributed by atoms with E-state index in [0.29, 0.717) is 11.7 Å². The van der Waals surface area contributed by atoms with Crippen LogP contribution < -0.4 is 10.6 Å². The van der Waals surface area contributed by atoms with Crippen LogP contribution in [0, 0.1) is 13.8 Å². The maximum absolute atomic E-state index is 11.9. The topological polar surface area (TPSA) is 92.9 Å². The zero-order valence-electron chi connectivity index (χ0n) is 12.4. The minimum absolute atomic E-state index is 0.227. The summed E-state index contributed by atoms with van der Waals surface area (Å²) in [5.74, 6) is 1.59. The van der Waals surface area contributed by atoms with Gasteiger partial charge in [0.25, 0.3) is 5.91 Å². The molecule has 0 fully saturated rings. The van der Waals surface area contributed by atoms with Crippen LogP contribution in [-0.4, -0.2) is 27.6 Å².